The van der Waals surface area contributed by atoms with Gasteiger partial charge in [0.25, 0.3) is 10.1 Å². The smallest absolute Gasteiger partial charge is 0.297 e. The SMILES string of the molecule is CN[C@H]1CC=C([C@@H]2CC[C@@H]3CC=C(OC(CO)COS(=O)(=O)c4ccc(C)cc4)C[C@@H]3N2)CC1. The van der Waals surface area contributed by atoms with Crippen LogP contribution in [-0.4, -0.2) is 58.0 Å². The highest BCUT2D eigenvalue weighted by atomic mass is 32.2. The molecule has 5 atom stereocenters. The lowest BCUT2D eigenvalue weighted by molar-refractivity contribution is 0.0157. The minimum Gasteiger partial charge on any atom is -0.490 e. The highest BCUT2D eigenvalue weighted by Crippen LogP contribution is 2.36. The average Bonchev–Trinajstić information content (AvgIpc) is 2.86. The number of aryl methyl sites for hydroxylation is 1. The molecule has 1 heterocycles. The van der Waals surface area contributed by atoms with Crippen molar-refractivity contribution in [3.8, 4) is 0 Å². The van der Waals surface area contributed by atoms with E-state index in [4.69, 9.17) is 8.92 Å². The maximum Gasteiger partial charge on any atom is 0.297 e. The summed E-state index contributed by atoms with van der Waals surface area (Å²) in [6.07, 6.45) is 11.2. The summed E-state index contributed by atoms with van der Waals surface area (Å²) in [6.45, 7) is 1.35. The van der Waals surface area contributed by atoms with Gasteiger partial charge >= 0.3 is 0 Å². The van der Waals surface area contributed by atoms with Gasteiger partial charge in [-0.15, -0.1) is 0 Å². The molecule has 0 aromatic heterocycles. The molecule has 1 fully saturated rings. The highest BCUT2D eigenvalue weighted by molar-refractivity contribution is 7.86. The minimum atomic E-state index is -3.90. The molecule has 2 aliphatic carbocycles. The molecular weight excluding hydrogens is 452 g/mol. The highest BCUT2D eigenvalue weighted by Gasteiger charge is 2.35. The van der Waals surface area contributed by atoms with Crippen LogP contribution in [0.2, 0.25) is 0 Å². The Hall–Kier alpha value is -1.71. The van der Waals surface area contributed by atoms with Crippen molar-refractivity contribution in [1.29, 1.82) is 0 Å². The molecule has 34 heavy (non-hydrogen) atoms. The summed E-state index contributed by atoms with van der Waals surface area (Å²) in [6, 6.07) is 7.85. The number of piperidine rings is 1. The molecule has 0 amide bonds. The molecule has 7 nitrogen and oxygen atoms in total. The fourth-order valence-corrected chi connectivity index (χ4v) is 6.19. The van der Waals surface area contributed by atoms with Gasteiger partial charge in [0.2, 0.25) is 0 Å². The van der Waals surface area contributed by atoms with E-state index in [1.54, 1.807) is 12.1 Å². The molecule has 3 aliphatic rings. The molecule has 0 spiro atoms. The summed E-state index contributed by atoms with van der Waals surface area (Å²) in [5.74, 6) is 1.39. The fourth-order valence-electron chi connectivity index (χ4n) is 5.25. The third-order valence-corrected chi connectivity index (χ3v) is 8.72. The number of benzene rings is 1. The quantitative estimate of drug-likeness (QED) is 0.361. The van der Waals surface area contributed by atoms with Crippen LogP contribution in [0.5, 0.6) is 0 Å². The molecular formula is C26H38N2O5S. The first-order chi connectivity index (χ1) is 16.4. The number of aliphatic hydroxyl groups excluding tert-OH is 1. The van der Waals surface area contributed by atoms with Crippen molar-refractivity contribution >= 4 is 10.1 Å². The van der Waals surface area contributed by atoms with Gasteiger partial charge in [0.05, 0.1) is 17.3 Å². The zero-order valence-corrected chi connectivity index (χ0v) is 21.0. The topological polar surface area (TPSA) is 96.9 Å². The van der Waals surface area contributed by atoms with Crippen molar-refractivity contribution in [3.63, 3.8) is 0 Å². The van der Waals surface area contributed by atoms with E-state index in [0.717, 1.165) is 37.0 Å². The van der Waals surface area contributed by atoms with Crippen molar-refractivity contribution in [2.45, 2.75) is 81.0 Å². The summed E-state index contributed by atoms with van der Waals surface area (Å²) >= 11 is 0. The summed E-state index contributed by atoms with van der Waals surface area (Å²) in [7, 11) is -1.87. The van der Waals surface area contributed by atoms with Crippen LogP contribution in [0.3, 0.4) is 0 Å². The zero-order valence-electron chi connectivity index (χ0n) is 20.2. The molecule has 1 aliphatic heterocycles. The number of hydrogen-bond donors (Lipinski definition) is 3. The normalized spacial score (nSPS) is 28.4. The van der Waals surface area contributed by atoms with Crippen LogP contribution in [0.1, 0.15) is 50.5 Å². The lowest BCUT2D eigenvalue weighted by atomic mass is 9.77. The molecule has 188 valence electrons. The van der Waals surface area contributed by atoms with E-state index in [1.807, 2.05) is 14.0 Å². The van der Waals surface area contributed by atoms with Crippen molar-refractivity contribution in [3.05, 3.63) is 53.3 Å². The van der Waals surface area contributed by atoms with Gasteiger partial charge in [0.1, 0.15) is 12.7 Å². The van der Waals surface area contributed by atoms with E-state index in [0.29, 0.717) is 24.0 Å². The summed E-state index contributed by atoms with van der Waals surface area (Å²) in [4.78, 5) is 0.102. The van der Waals surface area contributed by atoms with Crippen molar-refractivity contribution < 1.29 is 22.4 Å². The molecule has 1 saturated heterocycles. The van der Waals surface area contributed by atoms with Crippen LogP contribution in [0.25, 0.3) is 0 Å². The van der Waals surface area contributed by atoms with Crippen LogP contribution in [0, 0.1) is 12.8 Å². The first-order valence-electron chi connectivity index (χ1n) is 12.4. The Morgan fingerprint density at radius 3 is 2.62 bits per heavy atom. The summed E-state index contributed by atoms with van der Waals surface area (Å²) in [5.41, 5.74) is 2.50. The summed E-state index contributed by atoms with van der Waals surface area (Å²) in [5, 5.41) is 17.0. The second kappa shape index (κ2) is 11.4. The Balaban J connectivity index is 1.31. The van der Waals surface area contributed by atoms with Crippen LogP contribution in [0.4, 0.5) is 0 Å². The first-order valence-corrected chi connectivity index (χ1v) is 13.8. The second-order valence-electron chi connectivity index (χ2n) is 9.79. The van der Waals surface area contributed by atoms with Gasteiger partial charge in [-0.05, 0) is 76.6 Å². The van der Waals surface area contributed by atoms with E-state index in [2.05, 4.69) is 22.8 Å². The van der Waals surface area contributed by atoms with Gasteiger partial charge < -0.3 is 20.5 Å². The Morgan fingerprint density at radius 2 is 1.94 bits per heavy atom. The number of ether oxygens (including phenoxy) is 1. The first kappa shape index (κ1) is 25.4. The zero-order chi connectivity index (χ0) is 24.1. The largest absolute Gasteiger partial charge is 0.490 e. The predicted molar refractivity (Wildman–Crippen MR) is 132 cm³/mol. The van der Waals surface area contributed by atoms with Crippen molar-refractivity contribution in [1.82, 2.24) is 10.6 Å². The van der Waals surface area contributed by atoms with Gasteiger partial charge in [-0.1, -0.05) is 29.3 Å². The Kier molecular flexibility index (Phi) is 8.47. The Morgan fingerprint density at radius 1 is 1.15 bits per heavy atom. The van der Waals surface area contributed by atoms with Gasteiger partial charge in [0, 0.05) is 24.5 Å². The van der Waals surface area contributed by atoms with Gasteiger partial charge in [-0.2, -0.15) is 8.42 Å². The average molecular weight is 491 g/mol. The van der Waals surface area contributed by atoms with E-state index in [9.17, 15) is 13.5 Å². The van der Waals surface area contributed by atoms with Crippen LogP contribution in [0.15, 0.2) is 52.6 Å². The maximum atomic E-state index is 12.5. The lowest BCUT2D eigenvalue weighted by Gasteiger charge is -2.42. The van der Waals surface area contributed by atoms with Crippen molar-refractivity contribution in [2.24, 2.45) is 5.92 Å². The molecule has 3 N–H and O–H groups in total. The maximum absolute atomic E-state index is 12.5. The lowest BCUT2D eigenvalue weighted by Crippen LogP contribution is -2.50. The van der Waals surface area contributed by atoms with Crippen LogP contribution < -0.4 is 10.6 Å². The van der Waals surface area contributed by atoms with E-state index in [1.165, 1.54) is 37.0 Å². The number of aliphatic hydroxyl groups is 1. The molecule has 1 unspecified atom stereocenters. The second-order valence-corrected chi connectivity index (χ2v) is 11.4. The number of allylic oxidation sites excluding steroid dienone is 1. The van der Waals surface area contributed by atoms with Crippen molar-refractivity contribution in [2.75, 3.05) is 20.3 Å². The minimum absolute atomic E-state index is 0.102. The molecule has 1 aromatic carbocycles. The summed E-state index contributed by atoms with van der Waals surface area (Å²) < 4.78 is 36.2. The van der Waals surface area contributed by atoms with E-state index in [-0.39, 0.29) is 18.1 Å². The van der Waals surface area contributed by atoms with Gasteiger partial charge in [0.15, 0.2) is 0 Å². The Labute approximate surface area is 203 Å². The number of nitrogens with one attached hydrogen (secondary N) is 2. The molecule has 1 aromatic rings. The molecule has 0 saturated carbocycles. The van der Waals surface area contributed by atoms with E-state index < -0.39 is 16.2 Å². The fraction of sp³-hybridized carbons (Fsp3) is 0.615. The molecule has 0 bridgehead atoms. The molecule has 8 heteroatoms. The number of rotatable bonds is 9. The number of hydrogen-bond acceptors (Lipinski definition) is 7. The monoisotopic (exact) mass is 490 g/mol. The molecule has 0 radical (unpaired) electrons. The van der Waals surface area contributed by atoms with E-state index >= 15 is 0 Å². The van der Waals surface area contributed by atoms with Gasteiger partial charge in [-0.25, -0.2) is 0 Å². The predicted octanol–water partition coefficient (Wildman–Crippen LogP) is 3.19. The van der Waals surface area contributed by atoms with Gasteiger partial charge in [-0.3, -0.25) is 4.18 Å². The van der Waals surface area contributed by atoms with Crippen LogP contribution >= 0.6 is 0 Å². The third kappa shape index (κ3) is 6.29. The number of fused-ring (bicyclic) bond motifs is 1. The Bertz CT molecular complexity index is 989. The standard InChI is InChI=1S/C26H38N2O5S/c1-18-3-12-24(13-4-18)34(30,31)32-17-23(16-29)33-22-11-7-20-8-14-25(28-26(20)15-22)19-5-9-21(27-2)10-6-19/h3-5,11-13,20-21,23,25-29H,6-10,14-17H2,1-2H3/t20-,21-,23?,25-,26-/m0/s1. The third-order valence-electron chi connectivity index (χ3n) is 7.42. The van der Waals surface area contributed by atoms with Crippen LogP contribution in [-0.2, 0) is 19.0 Å². The molecule has 4 rings (SSSR count).